The molecule has 2 aliphatic heterocycles. The van der Waals surface area contributed by atoms with Crippen molar-refractivity contribution in [3.8, 4) is 5.75 Å². The summed E-state index contributed by atoms with van der Waals surface area (Å²) in [6.45, 7) is 3.25. The number of thioether (sulfide) groups is 1. The maximum absolute atomic E-state index is 6.27. The molecule has 3 rings (SSSR count). The van der Waals surface area contributed by atoms with Gasteiger partial charge in [0.1, 0.15) is 11.9 Å². The molecule has 1 fully saturated rings. The first kappa shape index (κ1) is 14.6. The van der Waals surface area contributed by atoms with Gasteiger partial charge in [-0.1, -0.05) is 18.5 Å². The van der Waals surface area contributed by atoms with Crippen molar-refractivity contribution >= 4 is 23.4 Å². The smallest absolute Gasteiger partial charge is 0.124 e. The Hall–Kier alpha value is -0.380. The Morgan fingerprint density at radius 2 is 2.35 bits per heavy atom. The lowest BCUT2D eigenvalue weighted by molar-refractivity contribution is 0.103. The second kappa shape index (κ2) is 6.59. The van der Waals surface area contributed by atoms with Crippen LogP contribution in [-0.2, 0) is 0 Å². The number of nitrogens with one attached hydrogen (secondary N) is 1. The van der Waals surface area contributed by atoms with E-state index < -0.39 is 0 Å². The fourth-order valence-corrected chi connectivity index (χ4v) is 4.62. The third-order valence-electron chi connectivity index (χ3n) is 4.23. The number of fused-ring (bicyclic) bond motifs is 1. The predicted octanol–water partition coefficient (Wildman–Crippen LogP) is 4.28. The Morgan fingerprint density at radius 1 is 1.45 bits per heavy atom. The SMILES string of the molecule is CCCNC1CC(C2CCSC2)Oc2ccc(Cl)cc21. The van der Waals surface area contributed by atoms with Crippen molar-refractivity contribution in [2.75, 3.05) is 18.1 Å². The highest BCUT2D eigenvalue weighted by atomic mass is 35.5. The molecule has 2 nitrogen and oxygen atoms in total. The van der Waals surface area contributed by atoms with Gasteiger partial charge >= 0.3 is 0 Å². The van der Waals surface area contributed by atoms with Gasteiger partial charge in [0.25, 0.3) is 0 Å². The average molecular weight is 312 g/mol. The van der Waals surface area contributed by atoms with Crippen molar-refractivity contribution in [2.45, 2.75) is 38.3 Å². The third-order valence-corrected chi connectivity index (χ3v) is 5.65. The van der Waals surface area contributed by atoms with Crippen LogP contribution in [0.15, 0.2) is 18.2 Å². The number of benzene rings is 1. The van der Waals surface area contributed by atoms with Crippen molar-refractivity contribution in [3.05, 3.63) is 28.8 Å². The second-order valence-corrected chi connectivity index (χ2v) is 7.29. The zero-order chi connectivity index (χ0) is 13.9. The van der Waals surface area contributed by atoms with Crippen molar-refractivity contribution in [1.29, 1.82) is 0 Å². The van der Waals surface area contributed by atoms with E-state index in [-0.39, 0.29) is 0 Å². The van der Waals surface area contributed by atoms with Gasteiger partial charge in [-0.3, -0.25) is 0 Å². The van der Waals surface area contributed by atoms with E-state index >= 15 is 0 Å². The maximum Gasteiger partial charge on any atom is 0.124 e. The van der Waals surface area contributed by atoms with Gasteiger partial charge in [-0.25, -0.2) is 0 Å². The number of ether oxygens (including phenoxy) is 1. The van der Waals surface area contributed by atoms with E-state index in [2.05, 4.69) is 30.1 Å². The van der Waals surface area contributed by atoms with Crippen molar-refractivity contribution in [1.82, 2.24) is 5.32 Å². The second-order valence-electron chi connectivity index (χ2n) is 5.70. The molecule has 4 heteroatoms. The molecule has 1 N–H and O–H groups in total. The molecule has 110 valence electrons. The van der Waals surface area contributed by atoms with Gasteiger partial charge in [-0.2, -0.15) is 11.8 Å². The molecule has 0 saturated carbocycles. The zero-order valence-corrected chi connectivity index (χ0v) is 13.5. The molecule has 0 bridgehead atoms. The highest BCUT2D eigenvalue weighted by Crippen LogP contribution is 2.41. The summed E-state index contributed by atoms with van der Waals surface area (Å²) in [5.74, 6) is 4.25. The van der Waals surface area contributed by atoms with E-state index in [9.17, 15) is 0 Å². The molecule has 3 atom stereocenters. The number of halogens is 1. The topological polar surface area (TPSA) is 21.3 Å². The molecule has 1 saturated heterocycles. The molecule has 1 aromatic carbocycles. The van der Waals surface area contributed by atoms with E-state index in [0.717, 1.165) is 30.2 Å². The third kappa shape index (κ3) is 3.10. The van der Waals surface area contributed by atoms with Gasteiger partial charge < -0.3 is 10.1 Å². The maximum atomic E-state index is 6.27. The highest BCUT2D eigenvalue weighted by molar-refractivity contribution is 7.99. The Bertz CT molecular complexity index is 462. The summed E-state index contributed by atoms with van der Waals surface area (Å²) in [6.07, 6.45) is 3.86. The molecule has 20 heavy (non-hydrogen) atoms. The van der Waals surface area contributed by atoms with Crippen LogP contribution in [0.25, 0.3) is 0 Å². The van der Waals surface area contributed by atoms with Gasteiger partial charge in [0, 0.05) is 29.0 Å². The van der Waals surface area contributed by atoms with Gasteiger partial charge in [-0.05, 0) is 49.1 Å². The number of rotatable bonds is 4. The van der Waals surface area contributed by atoms with Crippen LogP contribution < -0.4 is 10.1 Å². The summed E-state index contributed by atoms with van der Waals surface area (Å²) >= 11 is 8.21. The molecular weight excluding hydrogens is 290 g/mol. The van der Waals surface area contributed by atoms with E-state index in [0.29, 0.717) is 18.1 Å². The first-order valence-electron chi connectivity index (χ1n) is 7.55. The van der Waals surface area contributed by atoms with Gasteiger partial charge in [0.2, 0.25) is 0 Å². The van der Waals surface area contributed by atoms with Crippen LogP contribution in [0.4, 0.5) is 0 Å². The Balaban J connectivity index is 1.82. The Morgan fingerprint density at radius 3 is 3.10 bits per heavy atom. The van der Waals surface area contributed by atoms with Crippen molar-refractivity contribution in [2.24, 2.45) is 5.92 Å². The molecule has 2 aliphatic rings. The first-order chi connectivity index (χ1) is 9.78. The van der Waals surface area contributed by atoms with Crippen LogP contribution >= 0.6 is 23.4 Å². The molecule has 3 unspecified atom stereocenters. The molecule has 1 aromatic rings. The van der Waals surface area contributed by atoms with Crippen LogP contribution in [0.5, 0.6) is 5.75 Å². The molecule has 0 amide bonds. The van der Waals surface area contributed by atoms with Crippen LogP contribution in [0.1, 0.15) is 37.8 Å². The van der Waals surface area contributed by atoms with Crippen LogP contribution in [-0.4, -0.2) is 24.2 Å². The molecule has 0 spiro atoms. The summed E-state index contributed by atoms with van der Waals surface area (Å²) in [6, 6.07) is 6.41. The first-order valence-corrected chi connectivity index (χ1v) is 9.08. The lowest BCUT2D eigenvalue weighted by Gasteiger charge is -2.35. The highest BCUT2D eigenvalue weighted by Gasteiger charge is 2.34. The molecule has 0 aromatic heterocycles. The van der Waals surface area contributed by atoms with E-state index in [4.69, 9.17) is 16.3 Å². The fourth-order valence-electron chi connectivity index (χ4n) is 3.12. The minimum atomic E-state index is 0.355. The van der Waals surface area contributed by atoms with Crippen molar-refractivity contribution in [3.63, 3.8) is 0 Å². The van der Waals surface area contributed by atoms with Crippen LogP contribution in [0.3, 0.4) is 0 Å². The number of hydrogen-bond donors (Lipinski definition) is 1. The zero-order valence-electron chi connectivity index (χ0n) is 11.9. The summed E-state index contributed by atoms with van der Waals surface area (Å²) in [4.78, 5) is 0. The lowest BCUT2D eigenvalue weighted by Crippen LogP contribution is -2.37. The van der Waals surface area contributed by atoms with E-state index in [1.165, 1.54) is 23.5 Å². The quantitative estimate of drug-likeness (QED) is 0.896. The minimum Gasteiger partial charge on any atom is -0.490 e. The summed E-state index contributed by atoms with van der Waals surface area (Å²) < 4.78 is 6.27. The fraction of sp³-hybridized carbons (Fsp3) is 0.625. The molecule has 0 radical (unpaired) electrons. The minimum absolute atomic E-state index is 0.355. The standard InChI is InChI=1S/C16H22ClNOS/c1-2-6-18-14-9-16(11-5-7-20-10-11)19-15-4-3-12(17)8-13(14)15/h3-4,8,11,14,16,18H,2,5-7,9-10H2,1H3. The normalized spacial score (nSPS) is 29.0. The van der Waals surface area contributed by atoms with Crippen molar-refractivity contribution < 1.29 is 4.74 Å². The summed E-state index contributed by atoms with van der Waals surface area (Å²) in [5.41, 5.74) is 1.23. The van der Waals surface area contributed by atoms with E-state index in [1.807, 2.05) is 12.1 Å². The van der Waals surface area contributed by atoms with Gasteiger partial charge in [-0.15, -0.1) is 0 Å². The van der Waals surface area contributed by atoms with Crippen LogP contribution in [0, 0.1) is 5.92 Å². The predicted molar refractivity (Wildman–Crippen MR) is 87.0 cm³/mol. The summed E-state index contributed by atoms with van der Waals surface area (Å²) in [7, 11) is 0. The molecule has 0 aliphatic carbocycles. The monoisotopic (exact) mass is 311 g/mol. The van der Waals surface area contributed by atoms with Gasteiger partial charge in [0.05, 0.1) is 0 Å². The van der Waals surface area contributed by atoms with Crippen LogP contribution in [0.2, 0.25) is 5.02 Å². The number of hydrogen-bond acceptors (Lipinski definition) is 3. The Kier molecular flexibility index (Phi) is 4.79. The Labute approximate surface area is 130 Å². The molecule has 2 heterocycles. The lowest BCUT2D eigenvalue weighted by atomic mass is 9.89. The average Bonchev–Trinajstić information content (AvgIpc) is 2.99. The largest absolute Gasteiger partial charge is 0.490 e. The molecular formula is C16H22ClNOS. The van der Waals surface area contributed by atoms with E-state index in [1.54, 1.807) is 0 Å². The summed E-state index contributed by atoms with van der Waals surface area (Å²) in [5, 5.41) is 4.46. The van der Waals surface area contributed by atoms with Gasteiger partial charge in [0.15, 0.2) is 0 Å².